The standard InChI is InChI=1S/C74H144O17P2/c1-9-67(8)53-45-37-27-23-20-21-24-28-38-46-54-71(76)84-60-69(90-73(78)56-48-40-29-25-19-17-15-13-11-10-12-14-16-18-22-26-34-42-50-64(2)3)62-88-92(80,81)86-58-68(75)59-87-93(82,83)89-63-70(91-74(79)57-49-41-33-31-36-44-52-66(6)7)61-85-72(77)55-47-39-32-30-35-43-51-65(4)5/h64-70,75H,9-63H2,1-8H3,(H,80,81)(H,82,83)/t67?,68-,69-,70-/m1/s1. The van der Waals surface area contributed by atoms with Crippen LogP contribution in [0, 0.1) is 23.7 Å². The van der Waals surface area contributed by atoms with E-state index in [1.807, 2.05) is 0 Å². The lowest BCUT2D eigenvalue weighted by Gasteiger charge is -2.21. The summed E-state index contributed by atoms with van der Waals surface area (Å²) in [5.41, 5.74) is 0. The van der Waals surface area contributed by atoms with Crippen LogP contribution in [0.25, 0.3) is 0 Å². The van der Waals surface area contributed by atoms with E-state index in [-0.39, 0.29) is 25.7 Å². The Bertz CT molecular complexity index is 1840. The smallest absolute Gasteiger partial charge is 0.462 e. The van der Waals surface area contributed by atoms with Crippen LogP contribution in [0.3, 0.4) is 0 Å². The van der Waals surface area contributed by atoms with Crippen LogP contribution in [0.5, 0.6) is 0 Å². The van der Waals surface area contributed by atoms with E-state index >= 15 is 0 Å². The molecule has 0 spiro atoms. The van der Waals surface area contributed by atoms with Crippen molar-refractivity contribution < 1.29 is 80.2 Å². The predicted molar refractivity (Wildman–Crippen MR) is 377 cm³/mol. The molecule has 3 N–H and O–H groups in total. The van der Waals surface area contributed by atoms with Crippen LogP contribution < -0.4 is 0 Å². The molecular weight excluding hydrogens is 1220 g/mol. The number of phosphoric acid groups is 2. The van der Waals surface area contributed by atoms with Gasteiger partial charge < -0.3 is 33.8 Å². The molecule has 19 heteroatoms. The number of aliphatic hydroxyl groups is 1. The van der Waals surface area contributed by atoms with Gasteiger partial charge in [0.05, 0.1) is 26.4 Å². The lowest BCUT2D eigenvalue weighted by Crippen LogP contribution is -2.30. The molecule has 0 aromatic heterocycles. The first-order valence-electron chi connectivity index (χ1n) is 38.2. The van der Waals surface area contributed by atoms with E-state index in [1.165, 1.54) is 167 Å². The van der Waals surface area contributed by atoms with Crippen LogP contribution >= 0.6 is 15.6 Å². The fourth-order valence-corrected chi connectivity index (χ4v) is 12.7. The van der Waals surface area contributed by atoms with Crippen molar-refractivity contribution in [1.82, 2.24) is 0 Å². The zero-order valence-corrected chi connectivity index (χ0v) is 62.7. The van der Waals surface area contributed by atoms with Gasteiger partial charge in [-0.05, 0) is 49.4 Å². The number of carbonyl (C=O) groups is 4. The zero-order valence-electron chi connectivity index (χ0n) is 60.9. The lowest BCUT2D eigenvalue weighted by molar-refractivity contribution is -0.161. The molecule has 0 rings (SSSR count). The summed E-state index contributed by atoms with van der Waals surface area (Å²) in [6.45, 7) is 14.1. The Balaban J connectivity index is 5.18. The molecule has 0 radical (unpaired) electrons. The van der Waals surface area contributed by atoms with Gasteiger partial charge >= 0.3 is 39.5 Å². The molecular formula is C74H144O17P2. The Labute approximate surface area is 568 Å². The Hall–Kier alpha value is -1.94. The number of hydrogen-bond donors (Lipinski definition) is 3. The fourth-order valence-electron chi connectivity index (χ4n) is 11.2. The molecule has 0 amide bonds. The topological polar surface area (TPSA) is 237 Å². The number of ether oxygens (including phenoxy) is 4. The maximum atomic E-state index is 13.1. The maximum Gasteiger partial charge on any atom is 0.472 e. The quantitative estimate of drug-likeness (QED) is 0.0222. The Kier molecular flexibility index (Phi) is 62.2. The molecule has 17 nitrogen and oxygen atoms in total. The zero-order chi connectivity index (χ0) is 68.9. The summed E-state index contributed by atoms with van der Waals surface area (Å²) in [4.78, 5) is 72.6. The first-order valence-corrected chi connectivity index (χ1v) is 41.2. The second-order valence-electron chi connectivity index (χ2n) is 28.4. The summed E-state index contributed by atoms with van der Waals surface area (Å²) in [5.74, 6) is 0.848. The average Bonchev–Trinajstić information content (AvgIpc) is 1.96. The van der Waals surface area contributed by atoms with Gasteiger partial charge in [-0.25, -0.2) is 9.13 Å². The van der Waals surface area contributed by atoms with Crippen molar-refractivity contribution >= 4 is 39.5 Å². The van der Waals surface area contributed by atoms with Gasteiger partial charge in [-0.1, -0.05) is 319 Å². The molecule has 0 aromatic carbocycles. The van der Waals surface area contributed by atoms with E-state index < -0.39 is 97.5 Å². The van der Waals surface area contributed by atoms with Gasteiger partial charge in [0.25, 0.3) is 0 Å². The van der Waals surface area contributed by atoms with Gasteiger partial charge in [-0.2, -0.15) is 0 Å². The van der Waals surface area contributed by atoms with Crippen LogP contribution in [0.15, 0.2) is 0 Å². The lowest BCUT2D eigenvalue weighted by atomic mass is 9.99. The van der Waals surface area contributed by atoms with E-state index in [4.69, 9.17) is 37.0 Å². The highest BCUT2D eigenvalue weighted by Gasteiger charge is 2.30. The number of phosphoric ester groups is 2. The number of unbranched alkanes of at least 4 members (excludes halogenated alkanes) is 36. The Morgan fingerprint density at radius 3 is 0.763 bits per heavy atom. The molecule has 0 saturated carbocycles. The normalized spacial score (nSPS) is 14.5. The summed E-state index contributed by atoms with van der Waals surface area (Å²) in [7, 11) is -9.91. The van der Waals surface area contributed by atoms with Gasteiger partial charge in [-0.3, -0.25) is 37.3 Å². The predicted octanol–water partition coefficient (Wildman–Crippen LogP) is 21.3. The van der Waals surface area contributed by atoms with Crippen LogP contribution in [0.2, 0.25) is 0 Å². The van der Waals surface area contributed by atoms with Crippen molar-refractivity contribution in [3.63, 3.8) is 0 Å². The second kappa shape index (κ2) is 63.5. The molecule has 0 heterocycles. The van der Waals surface area contributed by atoms with E-state index in [0.717, 1.165) is 108 Å². The van der Waals surface area contributed by atoms with Crippen LogP contribution in [0.1, 0.15) is 370 Å². The Morgan fingerprint density at radius 2 is 0.516 bits per heavy atom. The van der Waals surface area contributed by atoms with Gasteiger partial charge in [0.2, 0.25) is 0 Å². The van der Waals surface area contributed by atoms with Gasteiger partial charge in [0, 0.05) is 25.7 Å². The van der Waals surface area contributed by atoms with Crippen molar-refractivity contribution in [1.29, 1.82) is 0 Å². The summed E-state index contributed by atoms with van der Waals surface area (Å²) < 4.78 is 68.3. The van der Waals surface area contributed by atoms with Crippen LogP contribution in [-0.2, 0) is 65.4 Å². The van der Waals surface area contributed by atoms with Crippen molar-refractivity contribution in [2.45, 2.75) is 388 Å². The number of hydrogen-bond acceptors (Lipinski definition) is 15. The summed E-state index contributed by atoms with van der Waals surface area (Å²) in [6.07, 6.45) is 47.6. The van der Waals surface area contributed by atoms with E-state index in [0.29, 0.717) is 37.5 Å². The molecule has 0 saturated heterocycles. The molecule has 0 aliphatic heterocycles. The third kappa shape index (κ3) is 67.0. The van der Waals surface area contributed by atoms with Crippen LogP contribution in [0.4, 0.5) is 0 Å². The number of aliphatic hydroxyl groups excluding tert-OH is 1. The minimum absolute atomic E-state index is 0.101. The summed E-state index contributed by atoms with van der Waals surface area (Å²) >= 11 is 0. The SMILES string of the molecule is CCC(C)CCCCCCCCCCCCC(=O)OC[C@H](COP(=O)(O)OC[C@@H](O)COP(=O)(O)OC[C@@H](COC(=O)CCCCCCCCC(C)C)OC(=O)CCCCCCCCC(C)C)OC(=O)CCCCCCCCCCCCCCCCCCCCC(C)C. The number of esters is 4. The number of rotatable bonds is 71. The molecule has 0 aliphatic rings. The summed E-state index contributed by atoms with van der Waals surface area (Å²) in [6, 6.07) is 0. The number of carbonyl (C=O) groups excluding carboxylic acids is 4. The molecule has 0 bridgehead atoms. The highest BCUT2D eigenvalue weighted by molar-refractivity contribution is 7.47. The maximum absolute atomic E-state index is 13.1. The first kappa shape index (κ1) is 91.1. The fraction of sp³-hybridized carbons (Fsp3) is 0.946. The van der Waals surface area contributed by atoms with Gasteiger partial charge in [0.1, 0.15) is 19.3 Å². The molecule has 0 aromatic rings. The second-order valence-corrected chi connectivity index (χ2v) is 31.3. The minimum Gasteiger partial charge on any atom is -0.462 e. The largest absolute Gasteiger partial charge is 0.472 e. The highest BCUT2D eigenvalue weighted by Crippen LogP contribution is 2.45. The molecule has 93 heavy (non-hydrogen) atoms. The third-order valence-corrected chi connectivity index (χ3v) is 19.3. The van der Waals surface area contributed by atoms with E-state index in [9.17, 15) is 43.2 Å². The molecule has 552 valence electrons. The van der Waals surface area contributed by atoms with Crippen molar-refractivity contribution in [2.75, 3.05) is 39.6 Å². The van der Waals surface area contributed by atoms with Crippen molar-refractivity contribution in [3.8, 4) is 0 Å². The Morgan fingerprint density at radius 1 is 0.301 bits per heavy atom. The van der Waals surface area contributed by atoms with Crippen molar-refractivity contribution in [3.05, 3.63) is 0 Å². The molecule has 3 unspecified atom stereocenters. The van der Waals surface area contributed by atoms with Crippen molar-refractivity contribution in [2.24, 2.45) is 23.7 Å². The highest BCUT2D eigenvalue weighted by atomic mass is 31.2. The monoisotopic (exact) mass is 1370 g/mol. The third-order valence-electron chi connectivity index (χ3n) is 17.4. The minimum atomic E-state index is -4.96. The molecule has 0 fully saturated rings. The summed E-state index contributed by atoms with van der Waals surface area (Å²) in [5, 5.41) is 10.6. The molecule has 0 aliphatic carbocycles. The average molecular weight is 1370 g/mol. The van der Waals surface area contributed by atoms with E-state index in [1.54, 1.807) is 0 Å². The van der Waals surface area contributed by atoms with Gasteiger partial charge in [0.15, 0.2) is 12.2 Å². The molecule has 6 atom stereocenters. The first-order chi connectivity index (χ1) is 44.6. The van der Waals surface area contributed by atoms with Gasteiger partial charge in [-0.15, -0.1) is 0 Å². The van der Waals surface area contributed by atoms with E-state index in [2.05, 4.69) is 55.4 Å². The van der Waals surface area contributed by atoms with Crippen LogP contribution in [-0.4, -0.2) is 96.7 Å².